The van der Waals surface area contributed by atoms with Crippen molar-refractivity contribution < 1.29 is 20.8 Å². The molecule has 4 N–H and O–H groups in total. The summed E-state index contributed by atoms with van der Waals surface area (Å²) in [6.45, 7) is 0.394. The summed E-state index contributed by atoms with van der Waals surface area (Å²) in [5.41, 5.74) is 6.21. The minimum absolute atomic E-state index is 0. The molecule has 0 unspecified atom stereocenters. The summed E-state index contributed by atoms with van der Waals surface area (Å²) in [5, 5.41) is 4.89. The second-order valence-electron chi connectivity index (χ2n) is 2.39. The Balaban J connectivity index is 0.00000144. The Labute approximate surface area is 83.4 Å². The van der Waals surface area contributed by atoms with Gasteiger partial charge in [0.1, 0.15) is 0 Å². The molecule has 0 aliphatic carbocycles. The Morgan fingerprint density at radius 3 is 1.92 bits per heavy atom. The lowest BCUT2D eigenvalue weighted by molar-refractivity contribution is -0.00000520. The standard InChI is InChI=1S/C7H10N2O2S.ClH/c8-5-6-1-3-7(4-2-6)12(9,10)11;/h1-4H,5,8H2,(H2,9,10,11);1H/p-1. The van der Waals surface area contributed by atoms with E-state index < -0.39 is 10.0 Å². The first kappa shape index (κ1) is 12.4. The first-order valence-electron chi connectivity index (χ1n) is 3.36. The van der Waals surface area contributed by atoms with Crippen molar-refractivity contribution in [1.82, 2.24) is 0 Å². The van der Waals surface area contributed by atoms with Crippen LogP contribution in [-0.2, 0) is 16.6 Å². The SMILES string of the molecule is NCc1ccc(S(N)(=O)=O)cc1.[Cl-]. The lowest BCUT2D eigenvalue weighted by Crippen LogP contribution is -3.00. The monoisotopic (exact) mass is 221 g/mol. The van der Waals surface area contributed by atoms with Gasteiger partial charge in [-0.05, 0) is 17.7 Å². The van der Waals surface area contributed by atoms with E-state index in [1.54, 1.807) is 12.1 Å². The number of hydrogen-bond acceptors (Lipinski definition) is 3. The van der Waals surface area contributed by atoms with Gasteiger partial charge in [0.05, 0.1) is 4.90 Å². The summed E-state index contributed by atoms with van der Waals surface area (Å²) in [6, 6.07) is 6.16. The molecular weight excluding hydrogens is 212 g/mol. The zero-order chi connectivity index (χ0) is 9.19. The maximum absolute atomic E-state index is 10.8. The zero-order valence-electron chi connectivity index (χ0n) is 6.77. The van der Waals surface area contributed by atoms with E-state index in [0.29, 0.717) is 6.54 Å². The van der Waals surface area contributed by atoms with Gasteiger partial charge in [0.2, 0.25) is 10.0 Å². The summed E-state index contributed by atoms with van der Waals surface area (Å²) < 4.78 is 21.6. The average molecular weight is 222 g/mol. The number of primary sulfonamides is 1. The number of benzene rings is 1. The van der Waals surface area contributed by atoms with E-state index in [9.17, 15) is 8.42 Å². The Morgan fingerprint density at radius 2 is 1.62 bits per heavy atom. The molecule has 0 spiro atoms. The van der Waals surface area contributed by atoms with Gasteiger partial charge in [0, 0.05) is 6.54 Å². The Hall–Kier alpha value is -0.620. The molecular formula is C7H10ClN2O2S-. The Kier molecular flexibility index (Phi) is 4.35. The van der Waals surface area contributed by atoms with E-state index in [2.05, 4.69) is 0 Å². The minimum Gasteiger partial charge on any atom is -1.00 e. The van der Waals surface area contributed by atoms with Crippen LogP contribution < -0.4 is 23.3 Å². The molecule has 0 heterocycles. The van der Waals surface area contributed by atoms with Crippen LogP contribution >= 0.6 is 0 Å². The molecule has 6 heteroatoms. The van der Waals surface area contributed by atoms with E-state index in [1.165, 1.54) is 12.1 Å². The van der Waals surface area contributed by atoms with E-state index in [1.807, 2.05) is 0 Å². The van der Waals surface area contributed by atoms with Gasteiger partial charge in [-0.15, -0.1) is 0 Å². The number of rotatable bonds is 2. The molecule has 0 saturated carbocycles. The van der Waals surface area contributed by atoms with Crippen molar-refractivity contribution >= 4 is 10.0 Å². The Morgan fingerprint density at radius 1 is 1.15 bits per heavy atom. The fraction of sp³-hybridized carbons (Fsp3) is 0.143. The highest BCUT2D eigenvalue weighted by Crippen LogP contribution is 2.07. The van der Waals surface area contributed by atoms with Gasteiger partial charge in [0.25, 0.3) is 0 Å². The third kappa shape index (κ3) is 3.31. The smallest absolute Gasteiger partial charge is 0.238 e. The quantitative estimate of drug-likeness (QED) is 0.552. The third-order valence-corrected chi connectivity index (χ3v) is 2.42. The highest BCUT2D eigenvalue weighted by molar-refractivity contribution is 7.89. The Bertz CT molecular complexity index is 361. The van der Waals surface area contributed by atoms with Crippen molar-refractivity contribution in [3.8, 4) is 0 Å². The first-order chi connectivity index (χ1) is 5.54. The fourth-order valence-electron chi connectivity index (χ4n) is 0.815. The maximum Gasteiger partial charge on any atom is 0.238 e. The van der Waals surface area contributed by atoms with Gasteiger partial charge in [-0.25, -0.2) is 13.6 Å². The lowest BCUT2D eigenvalue weighted by Gasteiger charge is -1.98. The van der Waals surface area contributed by atoms with Gasteiger partial charge in [-0.3, -0.25) is 0 Å². The summed E-state index contributed by atoms with van der Waals surface area (Å²) in [7, 11) is -3.57. The molecule has 0 radical (unpaired) electrons. The lowest BCUT2D eigenvalue weighted by atomic mass is 10.2. The molecule has 0 aliphatic heterocycles. The van der Waals surface area contributed by atoms with Crippen LogP contribution in [0.5, 0.6) is 0 Å². The molecule has 0 amide bonds. The fourth-order valence-corrected chi connectivity index (χ4v) is 1.33. The van der Waals surface area contributed by atoms with Crippen molar-refractivity contribution in [3.05, 3.63) is 29.8 Å². The predicted molar refractivity (Wildman–Crippen MR) is 45.7 cm³/mol. The van der Waals surface area contributed by atoms with Crippen molar-refractivity contribution in [2.45, 2.75) is 11.4 Å². The number of nitrogens with two attached hydrogens (primary N) is 2. The van der Waals surface area contributed by atoms with Crippen LogP contribution in [0, 0.1) is 0 Å². The maximum atomic E-state index is 10.8. The molecule has 0 fully saturated rings. The largest absolute Gasteiger partial charge is 1.00 e. The van der Waals surface area contributed by atoms with Gasteiger partial charge in [-0.1, -0.05) is 12.1 Å². The summed E-state index contributed by atoms with van der Waals surface area (Å²) in [5.74, 6) is 0. The van der Waals surface area contributed by atoms with E-state index >= 15 is 0 Å². The normalized spacial score (nSPS) is 10.6. The van der Waals surface area contributed by atoms with Gasteiger partial charge in [0.15, 0.2) is 0 Å². The second-order valence-corrected chi connectivity index (χ2v) is 3.95. The second kappa shape index (κ2) is 4.57. The molecule has 74 valence electrons. The molecule has 1 aromatic carbocycles. The molecule has 0 aromatic heterocycles. The number of hydrogen-bond donors (Lipinski definition) is 2. The summed E-state index contributed by atoms with van der Waals surface area (Å²) >= 11 is 0. The van der Waals surface area contributed by atoms with E-state index in [4.69, 9.17) is 10.9 Å². The van der Waals surface area contributed by atoms with Crippen molar-refractivity contribution in [3.63, 3.8) is 0 Å². The first-order valence-corrected chi connectivity index (χ1v) is 4.90. The minimum atomic E-state index is -3.57. The van der Waals surface area contributed by atoms with Crippen LogP contribution in [0.3, 0.4) is 0 Å². The van der Waals surface area contributed by atoms with E-state index in [-0.39, 0.29) is 17.3 Å². The van der Waals surface area contributed by atoms with Crippen LogP contribution in [0.2, 0.25) is 0 Å². The number of halogens is 1. The van der Waals surface area contributed by atoms with Crippen LogP contribution in [0.15, 0.2) is 29.2 Å². The molecule has 0 aliphatic rings. The third-order valence-electron chi connectivity index (χ3n) is 1.49. The van der Waals surface area contributed by atoms with E-state index in [0.717, 1.165) is 5.56 Å². The van der Waals surface area contributed by atoms with Gasteiger partial charge < -0.3 is 18.1 Å². The predicted octanol–water partition coefficient (Wildman–Crippen LogP) is -3.20. The van der Waals surface area contributed by atoms with Crippen LogP contribution in [-0.4, -0.2) is 8.42 Å². The molecule has 0 saturated heterocycles. The topological polar surface area (TPSA) is 86.2 Å². The van der Waals surface area contributed by atoms with Crippen molar-refractivity contribution in [1.29, 1.82) is 0 Å². The van der Waals surface area contributed by atoms with Crippen LogP contribution in [0.1, 0.15) is 5.56 Å². The average Bonchev–Trinajstić information content (AvgIpc) is 2.03. The summed E-state index contributed by atoms with van der Waals surface area (Å²) in [6.07, 6.45) is 0. The number of sulfonamides is 1. The molecule has 0 bridgehead atoms. The van der Waals surface area contributed by atoms with Crippen LogP contribution in [0.25, 0.3) is 0 Å². The van der Waals surface area contributed by atoms with Crippen molar-refractivity contribution in [2.75, 3.05) is 0 Å². The van der Waals surface area contributed by atoms with Gasteiger partial charge >= 0.3 is 0 Å². The molecule has 1 aromatic rings. The molecule has 13 heavy (non-hydrogen) atoms. The van der Waals surface area contributed by atoms with Gasteiger partial charge in [-0.2, -0.15) is 0 Å². The highest BCUT2D eigenvalue weighted by Gasteiger charge is 2.05. The molecule has 1 rings (SSSR count). The summed E-state index contributed by atoms with van der Waals surface area (Å²) in [4.78, 5) is 0.111. The van der Waals surface area contributed by atoms with Crippen molar-refractivity contribution in [2.24, 2.45) is 10.9 Å². The van der Waals surface area contributed by atoms with Crippen LogP contribution in [0.4, 0.5) is 0 Å². The zero-order valence-corrected chi connectivity index (χ0v) is 8.35. The molecule has 4 nitrogen and oxygen atoms in total. The molecule has 0 atom stereocenters. The highest BCUT2D eigenvalue weighted by atomic mass is 35.5.